The molecule has 0 aliphatic heterocycles. The highest BCUT2D eigenvalue weighted by Gasteiger charge is 2.29. The van der Waals surface area contributed by atoms with E-state index in [0.717, 1.165) is 12.8 Å². The molecule has 1 rings (SSSR count). The first-order chi connectivity index (χ1) is 11.9. The normalized spacial score (nSPS) is 20.9. The summed E-state index contributed by atoms with van der Waals surface area (Å²) >= 11 is 0. The van der Waals surface area contributed by atoms with Gasteiger partial charge in [-0.2, -0.15) is 0 Å². The van der Waals surface area contributed by atoms with Crippen LogP contribution in [0.3, 0.4) is 0 Å². The van der Waals surface area contributed by atoms with Crippen molar-refractivity contribution in [2.45, 2.75) is 65.8 Å². The average Bonchev–Trinajstić information content (AvgIpc) is 2.54. The molecule has 0 bridgehead atoms. The number of sulfonamides is 1. The summed E-state index contributed by atoms with van der Waals surface area (Å²) in [4.78, 5) is 35.7. The zero-order valence-electron chi connectivity index (χ0n) is 16.1. The van der Waals surface area contributed by atoms with Crippen LogP contribution in [-0.2, 0) is 24.4 Å². The number of amides is 3. The van der Waals surface area contributed by atoms with E-state index in [0.29, 0.717) is 12.8 Å². The molecular formula is C17H31N3O5S. The molecule has 1 aliphatic rings. The first kappa shape index (κ1) is 22.4. The zero-order chi connectivity index (χ0) is 20.0. The van der Waals surface area contributed by atoms with Crippen molar-refractivity contribution in [3.8, 4) is 0 Å². The van der Waals surface area contributed by atoms with E-state index in [9.17, 15) is 22.8 Å². The van der Waals surface area contributed by atoms with Gasteiger partial charge in [0.2, 0.25) is 27.7 Å². The van der Waals surface area contributed by atoms with Crippen molar-refractivity contribution in [2.75, 3.05) is 12.3 Å². The van der Waals surface area contributed by atoms with E-state index in [-0.39, 0.29) is 42.5 Å². The molecule has 0 saturated heterocycles. The van der Waals surface area contributed by atoms with Gasteiger partial charge in [0.15, 0.2) is 0 Å². The number of hydrogen-bond acceptors (Lipinski definition) is 5. The minimum Gasteiger partial charge on any atom is -0.355 e. The number of rotatable bonds is 7. The summed E-state index contributed by atoms with van der Waals surface area (Å²) in [6.45, 7) is 7.14. The van der Waals surface area contributed by atoms with Gasteiger partial charge in [-0.3, -0.25) is 19.1 Å². The maximum Gasteiger partial charge on any atom is 0.235 e. The van der Waals surface area contributed by atoms with Gasteiger partial charge in [0.05, 0.1) is 5.75 Å². The van der Waals surface area contributed by atoms with Crippen LogP contribution in [0.1, 0.15) is 59.8 Å². The van der Waals surface area contributed by atoms with Gasteiger partial charge >= 0.3 is 0 Å². The SMILES string of the molecule is CCS(=O)(=O)NC(=O)CCNC(=O)C1CCC(NC(=O)C(C)(C)C)CC1. The standard InChI is InChI=1S/C17H31N3O5S/c1-5-26(24,25)20-14(21)10-11-18-15(22)12-6-8-13(9-7-12)19-16(23)17(2,3)4/h12-13H,5-11H2,1-4H3,(H,18,22)(H,19,23)(H,20,21). The minimum atomic E-state index is -3.56. The van der Waals surface area contributed by atoms with E-state index in [1.54, 1.807) is 0 Å². The van der Waals surface area contributed by atoms with Gasteiger partial charge in [0, 0.05) is 30.3 Å². The molecule has 9 heteroatoms. The molecule has 0 aromatic rings. The van der Waals surface area contributed by atoms with E-state index in [4.69, 9.17) is 0 Å². The van der Waals surface area contributed by atoms with Crippen LogP contribution in [-0.4, -0.2) is 44.5 Å². The Bertz CT molecular complexity index is 617. The van der Waals surface area contributed by atoms with Gasteiger partial charge < -0.3 is 10.6 Å². The lowest BCUT2D eigenvalue weighted by molar-refractivity contribution is -0.129. The zero-order valence-corrected chi connectivity index (χ0v) is 16.9. The van der Waals surface area contributed by atoms with Crippen molar-refractivity contribution < 1.29 is 22.8 Å². The molecule has 0 aromatic carbocycles. The van der Waals surface area contributed by atoms with Crippen molar-refractivity contribution in [1.82, 2.24) is 15.4 Å². The Morgan fingerprint density at radius 1 is 1.04 bits per heavy atom. The van der Waals surface area contributed by atoms with Crippen molar-refractivity contribution in [3.05, 3.63) is 0 Å². The van der Waals surface area contributed by atoms with Crippen molar-refractivity contribution in [2.24, 2.45) is 11.3 Å². The topological polar surface area (TPSA) is 121 Å². The van der Waals surface area contributed by atoms with E-state index >= 15 is 0 Å². The number of nitrogens with one attached hydrogen (secondary N) is 3. The van der Waals surface area contributed by atoms with Crippen molar-refractivity contribution in [1.29, 1.82) is 0 Å². The Morgan fingerprint density at radius 2 is 1.62 bits per heavy atom. The highest BCUT2D eigenvalue weighted by atomic mass is 32.2. The largest absolute Gasteiger partial charge is 0.355 e. The van der Waals surface area contributed by atoms with Crippen LogP contribution in [0.25, 0.3) is 0 Å². The van der Waals surface area contributed by atoms with Crippen LogP contribution >= 0.6 is 0 Å². The van der Waals surface area contributed by atoms with Gasteiger partial charge in [-0.25, -0.2) is 8.42 Å². The highest BCUT2D eigenvalue weighted by molar-refractivity contribution is 7.90. The molecule has 0 aromatic heterocycles. The fraction of sp³-hybridized carbons (Fsp3) is 0.824. The van der Waals surface area contributed by atoms with Crippen LogP contribution in [0.4, 0.5) is 0 Å². The second kappa shape index (κ2) is 9.34. The third-order valence-corrected chi connectivity index (χ3v) is 5.71. The Labute approximate surface area is 155 Å². The second-order valence-corrected chi connectivity index (χ2v) is 9.75. The summed E-state index contributed by atoms with van der Waals surface area (Å²) < 4.78 is 24.5. The Kier molecular flexibility index (Phi) is 8.05. The first-order valence-electron chi connectivity index (χ1n) is 9.06. The Morgan fingerprint density at radius 3 is 2.12 bits per heavy atom. The Hall–Kier alpha value is -1.64. The van der Waals surface area contributed by atoms with Crippen LogP contribution in [0.15, 0.2) is 0 Å². The van der Waals surface area contributed by atoms with Crippen molar-refractivity contribution in [3.63, 3.8) is 0 Å². The lowest BCUT2D eigenvalue weighted by Gasteiger charge is -2.30. The summed E-state index contributed by atoms with van der Waals surface area (Å²) in [6, 6.07) is 0.0933. The molecule has 150 valence electrons. The lowest BCUT2D eigenvalue weighted by atomic mass is 9.84. The van der Waals surface area contributed by atoms with E-state index in [1.165, 1.54) is 6.92 Å². The molecule has 0 radical (unpaired) electrons. The van der Waals surface area contributed by atoms with Gasteiger partial charge in [0.25, 0.3) is 0 Å². The monoisotopic (exact) mass is 389 g/mol. The average molecular weight is 390 g/mol. The summed E-state index contributed by atoms with van der Waals surface area (Å²) in [5.74, 6) is -1.05. The van der Waals surface area contributed by atoms with E-state index in [2.05, 4.69) is 10.6 Å². The number of carbonyl (C=O) groups excluding carboxylic acids is 3. The van der Waals surface area contributed by atoms with Gasteiger partial charge in [-0.1, -0.05) is 20.8 Å². The predicted molar refractivity (Wildman–Crippen MR) is 98.6 cm³/mol. The summed E-state index contributed by atoms with van der Waals surface area (Å²) in [6.07, 6.45) is 2.76. The first-order valence-corrected chi connectivity index (χ1v) is 10.7. The molecule has 0 unspecified atom stereocenters. The molecule has 3 N–H and O–H groups in total. The quantitative estimate of drug-likeness (QED) is 0.591. The third-order valence-electron chi connectivity index (χ3n) is 4.42. The molecule has 8 nitrogen and oxygen atoms in total. The van der Waals surface area contributed by atoms with E-state index in [1.807, 2.05) is 25.5 Å². The molecule has 1 aliphatic carbocycles. The second-order valence-electron chi connectivity index (χ2n) is 7.74. The van der Waals surface area contributed by atoms with E-state index < -0.39 is 21.3 Å². The minimum absolute atomic E-state index is 0.0124. The van der Waals surface area contributed by atoms with Crippen LogP contribution in [0.2, 0.25) is 0 Å². The molecular weight excluding hydrogens is 358 g/mol. The maximum absolute atomic E-state index is 12.2. The predicted octanol–water partition coefficient (Wildman–Crippen LogP) is 0.680. The Balaban J connectivity index is 2.30. The molecule has 1 fully saturated rings. The molecule has 26 heavy (non-hydrogen) atoms. The molecule has 3 amide bonds. The van der Waals surface area contributed by atoms with Crippen LogP contribution in [0, 0.1) is 11.3 Å². The number of hydrogen-bond donors (Lipinski definition) is 3. The van der Waals surface area contributed by atoms with Crippen LogP contribution < -0.4 is 15.4 Å². The lowest BCUT2D eigenvalue weighted by Crippen LogP contribution is -2.45. The van der Waals surface area contributed by atoms with Crippen LogP contribution in [0.5, 0.6) is 0 Å². The fourth-order valence-electron chi connectivity index (χ4n) is 2.64. The smallest absolute Gasteiger partial charge is 0.235 e. The fourth-order valence-corrected chi connectivity index (χ4v) is 3.24. The van der Waals surface area contributed by atoms with Gasteiger partial charge in [-0.15, -0.1) is 0 Å². The molecule has 0 heterocycles. The third kappa shape index (κ3) is 7.72. The summed E-state index contributed by atoms with van der Waals surface area (Å²) in [5.41, 5.74) is -0.431. The molecule has 0 spiro atoms. The maximum atomic E-state index is 12.2. The van der Waals surface area contributed by atoms with Gasteiger partial charge in [-0.05, 0) is 32.6 Å². The van der Waals surface area contributed by atoms with Gasteiger partial charge in [0.1, 0.15) is 0 Å². The molecule has 0 atom stereocenters. The summed E-state index contributed by atoms with van der Waals surface area (Å²) in [5, 5.41) is 5.71. The number of carbonyl (C=O) groups is 3. The molecule has 1 saturated carbocycles. The highest BCUT2D eigenvalue weighted by Crippen LogP contribution is 2.25. The summed E-state index contributed by atoms with van der Waals surface area (Å²) in [7, 11) is -3.56. The van der Waals surface area contributed by atoms with Crippen molar-refractivity contribution >= 4 is 27.7 Å².